The van der Waals surface area contributed by atoms with Gasteiger partial charge in [-0.15, -0.1) is 0 Å². The van der Waals surface area contributed by atoms with Crippen molar-refractivity contribution in [2.75, 3.05) is 18.1 Å². The average molecular weight is 348 g/mol. The summed E-state index contributed by atoms with van der Waals surface area (Å²) in [5.41, 5.74) is 13.2. The van der Waals surface area contributed by atoms with Gasteiger partial charge in [-0.1, -0.05) is 29.8 Å². The molecule has 126 valence electrons. The van der Waals surface area contributed by atoms with Gasteiger partial charge in [-0.2, -0.15) is 0 Å². The first-order chi connectivity index (χ1) is 11.5. The molecule has 0 spiro atoms. The third kappa shape index (κ3) is 3.51. The second-order valence-electron chi connectivity index (χ2n) is 5.58. The molecular weight excluding hydrogens is 330 g/mol. The number of hydrogen-bond acceptors (Lipinski definition) is 6. The molecule has 2 aliphatic rings. The van der Waals surface area contributed by atoms with E-state index in [0.717, 1.165) is 24.1 Å². The van der Waals surface area contributed by atoms with Crippen LogP contribution in [0.15, 0.2) is 45.6 Å². The molecular formula is C16H18ClN5O2. The molecule has 1 atom stereocenters. The molecule has 0 aliphatic carbocycles. The first-order valence-electron chi connectivity index (χ1n) is 7.58. The predicted octanol–water partition coefficient (Wildman–Crippen LogP) is 1.12. The minimum atomic E-state index is -0.550. The number of benzene rings is 1. The van der Waals surface area contributed by atoms with E-state index in [2.05, 4.69) is 9.98 Å². The Bertz CT molecular complexity index is 744. The number of aliphatic imine (C=N–C) groups is 2. The van der Waals surface area contributed by atoms with Crippen molar-refractivity contribution in [2.45, 2.75) is 18.9 Å². The molecule has 8 heteroatoms. The van der Waals surface area contributed by atoms with E-state index in [0.29, 0.717) is 11.8 Å². The molecule has 4 N–H and O–H groups in total. The number of amides is 1. The van der Waals surface area contributed by atoms with Crippen LogP contribution >= 0.6 is 11.6 Å². The molecule has 0 saturated carbocycles. The first kappa shape index (κ1) is 16.3. The number of halogens is 1. The van der Waals surface area contributed by atoms with Crippen LogP contribution in [0.1, 0.15) is 12.0 Å². The van der Waals surface area contributed by atoms with Crippen LogP contribution < -0.4 is 16.4 Å². The zero-order chi connectivity index (χ0) is 17.1. The number of aryl methyl sites for hydroxylation is 1. The Morgan fingerprint density at radius 1 is 1.42 bits per heavy atom. The summed E-state index contributed by atoms with van der Waals surface area (Å²) >= 11 is 6.28. The van der Waals surface area contributed by atoms with Gasteiger partial charge in [0.05, 0.1) is 18.8 Å². The fraction of sp³-hybridized carbons (Fsp3) is 0.312. The van der Waals surface area contributed by atoms with Crippen LogP contribution in [-0.4, -0.2) is 36.8 Å². The Balaban J connectivity index is 1.78. The number of amidine groups is 1. The van der Waals surface area contributed by atoms with Crippen molar-refractivity contribution in [3.05, 3.63) is 41.2 Å². The summed E-state index contributed by atoms with van der Waals surface area (Å²) in [5, 5.41) is 0.443. The smallest absolute Gasteiger partial charge is 0.282 e. The lowest BCUT2D eigenvalue weighted by molar-refractivity contribution is -0.112. The second kappa shape index (κ2) is 6.92. The van der Waals surface area contributed by atoms with E-state index in [9.17, 15) is 4.79 Å². The van der Waals surface area contributed by atoms with E-state index < -0.39 is 5.91 Å². The van der Waals surface area contributed by atoms with Crippen molar-refractivity contribution in [1.82, 2.24) is 0 Å². The van der Waals surface area contributed by atoms with Crippen LogP contribution in [0.3, 0.4) is 0 Å². The maximum atomic E-state index is 11.4. The number of hydrogen-bond donors (Lipinski definition) is 2. The molecule has 24 heavy (non-hydrogen) atoms. The SMILES string of the molecule is NC(=O)C1=NC=C(Cl)N(c2ccccc2CCC2COC(N)=N2)C1. The topological polar surface area (TPSA) is 106 Å². The second-order valence-corrected chi connectivity index (χ2v) is 5.96. The zero-order valence-electron chi connectivity index (χ0n) is 13.0. The summed E-state index contributed by atoms with van der Waals surface area (Å²) in [6.45, 7) is 0.760. The normalized spacial score (nSPS) is 20.1. The van der Waals surface area contributed by atoms with E-state index in [1.165, 1.54) is 6.20 Å². The van der Waals surface area contributed by atoms with E-state index >= 15 is 0 Å². The molecule has 3 rings (SSSR count). The maximum Gasteiger partial charge on any atom is 0.282 e. The monoisotopic (exact) mass is 347 g/mol. The summed E-state index contributed by atoms with van der Waals surface area (Å²) in [5.74, 6) is -0.550. The third-order valence-corrected chi connectivity index (χ3v) is 4.24. The van der Waals surface area contributed by atoms with Crippen molar-refractivity contribution in [2.24, 2.45) is 21.5 Å². The van der Waals surface area contributed by atoms with Crippen LogP contribution in [0, 0.1) is 0 Å². The minimum Gasteiger partial charge on any atom is -0.463 e. The Kier molecular flexibility index (Phi) is 4.71. The van der Waals surface area contributed by atoms with Crippen molar-refractivity contribution >= 4 is 34.9 Å². The Labute approximate surface area is 144 Å². The zero-order valence-corrected chi connectivity index (χ0v) is 13.7. The maximum absolute atomic E-state index is 11.4. The molecule has 7 nitrogen and oxygen atoms in total. The summed E-state index contributed by atoms with van der Waals surface area (Å²) in [4.78, 5) is 21.5. The minimum absolute atomic E-state index is 0.0631. The van der Waals surface area contributed by atoms with Gasteiger partial charge in [-0.3, -0.25) is 9.79 Å². The fourth-order valence-corrected chi connectivity index (χ4v) is 2.90. The van der Waals surface area contributed by atoms with Gasteiger partial charge in [0.15, 0.2) is 0 Å². The van der Waals surface area contributed by atoms with E-state index in [-0.39, 0.29) is 24.3 Å². The quantitative estimate of drug-likeness (QED) is 0.778. The van der Waals surface area contributed by atoms with Gasteiger partial charge in [0.25, 0.3) is 11.9 Å². The van der Waals surface area contributed by atoms with E-state index in [1.54, 1.807) is 0 Å². The van der Waals surface area contributed by atoms with Gasteiger partial charge in [0.1, 0.15) is 17.5 Å². The number of ether oxygens (including phenoxy) is 1. The van der Waals surface area contributed by atoms with Gasteiger partial charge in [0, 0.05) is 5.69 Å². The summed E-state index contributed by atoms with van der Waals surface area (Å²) < 4.78 is 5.18. The van der Waals surface area contributed by atoms with Crippen LogP contribution in [0.4, 0.5) is 5.69 Å². The third-order valence-electron chi connectivity index (χ3n) is 3.94. The van der Waals surface area contributed by atoms with Crippen molar-refractivity contribution in [1.29, 1.82) is 0 Å². The van der Waals surface area contributed by atoms with Crippen molar-refractivity contribution in [3.63, 3.8) is 0 Å². The number of para-hydroxylation sites is 1. The number of carbonyl (C=O) groups excluding carboxylic acids is 1. The molecule has 1 amide bonds. The molecule has 0 bridgehead atoms. The highest BCUT2D eigenvalue weighted by molar-refractivity contribution is 6.41. The molecule has 1 aromatic rings. The van der Waals surface area contributed by atoms with Crippen LogP contribution in [-0.2, 0) is 16.0 Å². The lowest BCUT2D eigenvalue weighted by atomic mass is 10.0. The lowest BCUT2D eigenvalue weighted by Gasteiger charge is -2.28. The van der Waals surface area contributed by atoms with E-state index in [4.69, 9.17) is 27.8 Å². The standard InChI is InChI=1S/C16H18ClN5O2/c17-14-7-20-12(15(18)23)8-22(14)13-4-2-1-3-10(13)5-6-11-9-24-16(19)21-11/h1-4,7,11H,5-6,8-9H2,(H2,18,23)(H2,19,21). The van der Waals surface area contributed by atoms with Gasteiger partial charge in [-0.05, 0) is 24.5 Å². The highest BCUT2D eigenvalue weighted by Crippen LogP contribution is 2.29. The number of nitrogens with zero attached hydrogens (tertiary/aromatic N) is 3. The summed E-state index contributed by atoms with van der Waals surface area (Å²) in [7, 11) is 0. The predicted molar refractivity (Wildman–Crippen MR) is 94.0 cm³/mol. The van der Waals surface area contributed by atoms with Crippen LogP contribution in [0.25, 0.3) is 0 Å². The number of primary amides is 1. The number of rotatable bonds is 5. The Hall–Kier alpha value is -2.54. The first-order valence-corrected chi connectivity index (χ1v) is 7.96. The molecule has 0 aromatic heterocycles. The molecule has 1 unspecified atom stereocenters. The molecule has 1 aromatic carbocycles. The Morgan fingerprint density at radius 3 is 2.92 bits per heavy atom. The lowest BCUT2D eigenvalue weighted by Crippen LogP contribution is -2.37. The largest absolute Gasteiger partial charge is 0.463 e. The van der Waals surface area contributed by atoms with Crippen molar-refractivity contribution < 1.29 is 9.53 Å². The summed E-state index contributed by atoms with van der Waals surface area (Å²) in [6.07, 6.45) is 3.03. The average Bonchev–Trinajstić information content (AvgIpc) is 2.99. The molecule has 0 radical (unpaired) electrons. The number of carbonyl (C=O) groups is 1. The highest BCUT2D eigenvalue weighted by atomic mass is 35.5. The molecule has 2 aliphatic heterocycles. The van der Waals surface area contributed by atoms with Gasteiger partial charge in [-0.25, -0.2) is 4.99 Å². The highest BCUT2D eigenvalue weighted by Gasteiger charge is 2.23. The number of anilines is 1. The van der Waals surface area contributed by atoms with Crippen LogP contribution in [0.2, 0.25) is 0 Å². The van der Waals surface area contributed by atoms with Gasteiger partial charge < -0.3 is 21.1 Å². The Morgan fingerprint density at radius 2 is 2.21 bits per heavy atom. The van der Waals surface area contributed by atoms with Gasteiger partial charge >= 0.3 is 0 Å². The molecule has 0 fully saturated rings. The van der Waals surface area contributed by atoms with Gasteiger partial charge in [0.2, 0.25) is 0 Å². The fourth-order valence-electron chi connectivity index (χ4n) is 2.70. The molecule has 2 heterocycles. The van der Waals surface area contributed by atoms with E-state index in [1.807, 2.05) is 29.2 Å². The number of nitrogens with two attached hydrogens (primary N) is 2. The van der Waals surface area contributed by atoms with Crippen molar-refractivity contribution in [3.8, 4) is 0 Å². The van der Waals surface area contributed by atoms with Crippen LogP contribution in [0.5, 0.6) is 0 Å². The molecule has 0 saturated heterocycles. The summed E-state index contributed by atoms with van der Waals surface area (Å²) in [6, 6.07) is 8.18.